The van der Waals surface area contributed by atoms with Crippen LogP contribution in [0.4, 0.5) is 0 Å². The number of phenols is 1. The molecule has 0 fully saturated rings. The first kappa shape index (κ1) is 15.8. The summed E-state index contributed by atoms with van der Waals surface area (Å²) in [7, 11) is 0. The summed E-state index contributed by atoms with van der Waals surface area (Å²) in [5, 5.41) is 9.54. The van der Waals surface area contributed by atoms with E-state index in [0.717, 1.165) is 25.9 Å². The Hall–Kier alpha value is -1.22. The zero-order valence-corrected chi connectivity index (χ0v) is 12.1. The Morgan fingerprint density at radius 3 is 2.63 bits per heavy atom. The molecule has 19 heavy (non-hydrogen) atoms. The van der Waals surface area contributed by atoms with Crippen molar-refractivity contribution in [2.24, 2.45) is 0 Å². The summed E-state index contributed by atoms with van der Waals surface area (Å²) in [6.45, 7) is 5.77. The van der Waals surface area contributed by atoms with Crippen LogP contribution in [0.25, 0.3) is 0 Å². The first-order valence-electron chi connectivity index (χ1n) is 7.26. The number of phenolic OH excluding ortho intramolecular Hbond substituents is 1. The van der Waals surface area contributed by atoms with E-state index >= 15 is 0 Å². The molecule has 1 atom stereocenters. The van der Waals surface area contributed by atoms with Gasteiger partial charge in [0.1, 0.15) is 0 Å². The first-order chi connectivity index (χ1) is 9.24. The Bertz CT molecular complexity index is 339. The first-order valence-corrected chi connectivity index (χ1v) is 7.26. The summed E-state index contributed by atoms with van der Waals surface area (Å²) in [5.41, 5.74) is 0. The third kappa shape index (κ3) is 7.06. The molecule has 0 saturated heterocycles. The van der Waals surface area contributed by atoms with Gasteiger partial charge in [-0.2, -0.15) is 0 Å². The number of rotatable bonds is 10. The standard InChI is InChI=1S/C16H26O3/c1-3-4-7-12-18-14(2)9-8-13-19-16-11-6-5-10-15(16)17/h5-6,10-11,14,17H,3-4,7-9,12-13H2,1-2H3. The van der Waals surface area contributed by atoms with Gasteiger partial charge in [-0.1, -0.05) is 31.9 Å². The number of unbranched alkanes of at least 4 members (excludes halogenated alkanes) is 2. The normalized spacial score (nSPS) is 12.3. The lowest BCUT2D eigenvalue weighted by Gasteiger charge is -2.13. The van der Waals surface area contributed by atoms with E-state index in [1.807, 2.05) is 6.07 Å². The third-order valence-electron chi connectivity index (χ3n) is 3.03. The van der Waals surface area contributed by atoms with Crippen molar-refractivity contribution < 1.29 is 14.6 Å². The molecule has 1 N–H and O–H groups in total. The van der Waals surface area contributed by atoms with Crippen molar-refractivity contribution in [2.75, 3.05) is 13.2 Å². The van der Waals surface area contributed by atoms with E-state index in [1.165, 1.54) is 12.8 Å². The Morgan fingerprint density at radius 2 is 1.89 bits per heavy atom. The lowest BCUT2D eigenvalue weighted by atomic mass is 10.2. The molecular formula is C16H26O3. The summed E-state index contributed by atoms with van der Waals surface area (Å²) >= 11 is 0. The van der Waals surface area contributed by atoms with Gasteiger partial charge < -0.3 is 14.6 Å². The fourth-order valence-corrected chi connectivity index (χ4v) is 1.85. The number of benzene rings is 1. The van der Waals surface area contributed by atoms with Gasteiger partial charge >= 0.3 is 0 Å². The highest BCUT2D eigenvalue weighted by Crippen LogP contribution is 2.24. The minimum atomic E-state index is 0.200. The molecule has 0 spiro atoms. The molecule has 0 aliphatic carbocycles. The second-order valence-corrected chi connectivity index (χ2v) is 4.85. The Kier molecular flexibility index (Phi) is 8.07. The molecule has 1 aromatic carbocycles. The highest BCUT2D eigenvalue weighted by Gasteiger charge is 2.03. The van der Waals surface area contributed by atoms with Gasteiger partial charge in [-0.05, 0) is 38.3 Å². The molecular weight excluding hydrogens is 240 g/mol. The topological polar surface area (TPSA) is 38.7 Å². The SMILES string of the molecule is CCCCCOC(C)CCCOc1ccccc1O. The van der Waals surface area contributed by atoms with E-state index < -0.39 is 0 Å². The van der Waals surface area contributed by atoms with Gasteiger partial charge in [-0.3, -0.25) is 0 Å². The van der Waals surface area contributed by atoms with Crippen molar-refractivity contribution in [3.05, 3.63) is 24.3 Å². The molecule has 0 saturated carbocycles. The van der Waals surface area contributed by atoms with Crippen molar-refractivity contribution in [1.29, 1.82) is 0 Å². The van der Waals surface area contributed by atoms with Crippen LogP contribution < -0.4 is 4.74 Å². The fourth-order valence-electron chi connectivity index (χ4n) is 1.85. The maximum Gasteiger partial charge on any atom is 0.160 e. The largest absolute Gasteiger partial charge is 0.504 e. The van der Waals surface area contributed by atoms with Gasteiger partial charge in [0.2, 0.25) is 0 Å². The lowest BCUT2D eigenvalue weighted by molar-refractivity contribution is 0.0536. The molecule has 1 unspecified atom stereocenters. The van der Waals surface area contributed by atoms with Crippen LogP contribution >= 0.6 is 0 Å². The van der Waals surface area contributed by atoms with Crippen LogP contribution in [0, 0.1) is 0 Å². The van der Waals surface area contributed by atoms with Gasteiger partial charge in [-0.15, -0.1) is 0 Å². The predicted octanol–water partition coefficient (Wildman–Crippen LogP) is 4.15. The second-order valence-electron chi connectivity index (χ2n) is 4.85. The summed E-state index contributed by atoms with van der Waals surface area (Å²) in [6, 6.07) is 7.05. The summed E-state index contributed by atoms with van der Waals surface area (Å²) in [5.74, 6) is 0.755. The molecule has 0 aliphatic rings. The predicted molar refractivity (Wildman–Crippen MR) is 77.8 cm³/mol. The minimum Gasteiger partial charge on any atom is -0.504 e. The van der Waals surface area contributed by atoms with Crippen molar-refractivity contribution in [3.8, 4) is 11.5 Å². The van der Waals surface area contributed by atoms with Crippen LogP contribution in [-0.2, 0) is 4.74 Å². The van der Waals surface area contributed by atoms with Crippen molar-refractivity contribution in [1.82, 2.24) is 0 Å². The quantitative estimate of drug-likeness (QED) is 0.647. The molecule has 0 aromatic heterocycles. The fraction of sp³-hybridized carbons (Fsp3) is 0.625. The van der Waals surface area contributed by atoms with Crippen LogP contribution in [-0.4, -0.2) is 24.4 Å². The second kappa shape index (κ2) is 9.68. The average molecular weight is 266 g/mol. The molecule has 3 nitrogen and oxygen atoms in total. The number of para-hydroxylation sites is 2. The van der Waals surface area contributed by atoms with Crippen LogP contribution in [0.3, 0.4) is 0 Å². The molecule has 0 amide bonds. The van der Waals surface area contributed by atoms with E-state index in [2.05, 4.69) is 13.8 Å². The Morgan fingerprint density at radius 1 is 1.11 bits per heavy atom. The number of hydrogen-bond acceptors (Lipinski definition) is 3. The van der Waals surface area contributed by atoms with Gasteiger partial charge in [0, 0.05) is 6.61 Å². The minimum absolute atomic E-state index is 0.200. The molecule has 1 rings (SSSR count). The van der Waals surface area contributed by atoms with Crippen LogP contribution in [0.1, 0.15) is 46.0 Å². The van der Waals surface area contributed by atoms with E-state index in [1.54, 1.807) is 18.2 Å². The number of ether oxygens (including phenoxy) is 2. The molecule has 0 radical (unpaired) electrons. The summed E-state index contributed by atoms with van der Waals surface area (Å²) in [6.07, 6.45) is 5.82. The van der Waals surface area contributed by atoms with Crippen LogP contribution in [0.2, 0.25) is 0 Å². The zero-order valence-electron chi connectivity index (χ0n) is 12.1. The highest BCUT2D eigenvalue weighted by molar-refractivity contribution is 5.37. The number of aromatic hydroxyl groups is 1. The maximum atomic E-state index is 9.54. The molecule has 3 heteroatoms. The van der Waals surface area contributed by atoms with E-state index in [9.17, 15) is 5.11 Å². The van der Waals surface area contributed by atoms with Gasteiger partial charge in [0.25, 0.3) is 0 Å². The van der Waals surface area contributed by atoms with Crippen molar-refractivity contribution in [2.45, 2.75) is 52.1 Å². The molecule has 0 bridgehead atoms. The molecule has 1 aromatic rings. The Labute approximate surface area is 116 Å². The maximum absolute atomic E-state index is 9.54. The van der Waals surface area contributed by atoms with E-state index in [-0.39, 0.29) is 11.9 Å². The zero-order chi connectivity index (χ0) is 13.9. The number of hydrogen-bond donors (Lipinski definition) is 1. The smallest absolute Gasteiger partial charge is 0.160 e. The van der Waals surface area contributed by atoms with Gasteiger partial charge in [0.15, 0.2) is 11.5 Å². The summed E-state index contributed by atoms with van der Waals surface area (Å²) in [4.78, 5) is 0. The average Bonchev–Trinajstić information content (AvgIpc) is 2.41. The monoisotopic (exact) mass is 266 g/mol. The van der Waals surface area contributed by atoms with Crippen molar-refractivity contribution >= 4 is 0 Å². The van der Waals surface area contributed by atoms with E-state index in [0.29, 0.717) is 12.4 Å². The molecule has 0 heterocycles. The van der Waals surface area contributed by atoms with Crippen LogP contribution in [0.15, 0.2) is 24.3 Å². The lowest BCUT2D eigenvalue weighted by Crippen LogP contribution is -2.11. The highest BCUT2D eigenvalue weighted by atomic mass is 16.5. The third-order valence-corrected chi connectivity index (χ3v) is 3.03. The van der Waals surface area contributed by atoms with Gasteiger partial charge in [-0.25, -0.2) is 0 Å². The van der Waals surface area contributed by atoms with E-state index in [4.69, 9.17) is 9.47 Å². The van der Waals surface area contributed by atoms with Gasteiger partial charge in [0.05, 0.1) is 12.7 Å². The van der Waals surface area contributed by atoms with Crippen molar-refractivity contribution in [3.63, 3.8) is 0 Å². The summed E-state index contributed by atoms with van der Waals surface area (Å²) < 4.78 is 11.2. The van der Waals surface area contributed by atoms with Crippen LogP contribution in [0.5, 0.6) is 11.5 Å². The molecule has 108 valence electrons. The Balaban J connectivity index is 2.05. The molecule has 0 aliphatic heterocycles.